The van der Waals surface area contributed by atoms with E-state index >= 15 is 0 Å². The number of nitrogens with zero attached hydrogens (tertiary/aromatic N) is 2. The molecule has 0 aromatic carbocycles. The number of hydrogen-bond acceptors (Lipinski definition) is 3. The predicted octanol–water partition coefficient (Wildman–Crippen LogP) is 2.79. The zero-order chi connectivity index (χ0) is 15.2. The molecule has 5 heteroatoms. The van der Waals surface area contributed by atoms with Gasteiger partial charge in [0, 0.05) is 24.7 Å². The molecule has 1 saturated heterocycles. The second-order valence-electron chi connectivity index (χ2n) is 6.86. The summed E-state index contributed by atoms with van der Waals surface area (Å²) in [7, 11) is 0. The van der Waals surface area contributed by atoms with Gasteiger partial charge in [-0.15, -0.1) is 12.4 Å². The van der Waals surface area contributed by atoms with Crippen LogP contribution in [0.25, 0.3) is 0 Å². The summed E-state index contributed by atoms with van der Waals surface area (Å²) in [6.45, 7) is 6.63. The Balaban J connectivity index is 0.00000242. The van der Waals surface area contributed by atoms with Crippen molar-refractivity contribution in [2.75, 3.05) is 19.6 Å². The van der Waals surface area contributed by atoms with Crippen LogP contribution in [0.1, 0.15) is 65.2 Å². The molecule has 22 heavy (non-hydrogen) atoms. The van der Waals surface area contributed by atoms with Crippen LogP contribution in [0, 0.1) is 0 Å². The van der Waals surface area contributed by atoms with Crippen LogP contribution >= 0.6 is 12.4 Å². The highest BCUT2D eigenvalue weighted by Gasteiger charge is 2.30. The Morgan fingerprint density at radius 2 is 1.82 bits per heavy atom. The van der Waals surface area contributed by atoms with Crippen LogP contribution in [0.5, 0.6) is 0 Å². The van der Waals surface area contributed by atoms with E-state index in [1.165, 1.54) is 44.9 Å². The maximum atomic E-state index is 12.8. The molecule has 0 aromatic rings. The fraction of sp³-hybridized carbons (Fsp3) is 0.941. The van der Waals surface area contributed by atoms with E-state index in [-0.39, 0.29) is 18.4 Å². The van der Waals surface area contributed by atoms with Gasteiger partial charge >= 0.3 is 0 Å². The summed E-state index contributed by atoms with van der Waals surface area (Å²) in [5, 5.41) is 0. The van der Waals surface area contributed by atoms with Gasteiger partial charge in [-0.05, 0) is 46.1 Å². The summed E-state index contributed by atoms with van der Waals surface area (Å²) in [4.78, 5) is 17.2. The normalized spacial score (nSPS) is 25.3. The number of likely N-dealkylation sites (tertiary alicyclic amines) is 1. The van der Waals surface area contributed by atoms with Gasteiger partial charge < -0.3 is 10.6 Å². The number of carbonyl (C=O) groups is 1. The van der Waals surface area contributed by atoms with Gasteiger partial charge in [0.05, 0.1) is 6.54 Å². The van der Waals surface area contributed by atoms with E-state index in [4.69, 9.17) is 5.73 Å². The summed E-state index contributed by atoms with van der Waals surface area (Å²) in [6.07, 6.45) is 9.86. The summed E-state index contributed by atoms with van der Waals surface area (Å²) in [5.74, 6) is 0.317. The predicted molar refractivity (Wildman–Crippen MR) is 94.4 cm³/mol. The van der Waals surface area contributed by atoms with Gasteiger partial charge in [0.2, 0.25) is 5.91 Å². The molecule has 0 bridgehead atoms. The number of nitrogens with two attached hydrogens (primary N) is 1. The van der Waals surface area contributed by atoms with Crippen LogP contribution in [0.4, 0.5) is 0 Å². The highest BCUT2D eigenvalue weighted by molar-refractivity contribution is 5.85. The minimum absolute atomic E-state index is 0. The van der Waals surface area contributed by atoms with Crippen LogP contribution < -0.4 is 5.73 Å². The Bertz CT molecular complexity index is 332. The third-order valence-corrected chi connectivity index (χ3v) is 5.29. The second kappa shape index (κ2) is 9.74. The lowest BCUT2D eigenvalue weighted by Gasteiger charge is -2.40. The molecule has 2 rings (SSSR count). The van der Waals surface area contributed by atoms with Crippen LogP contribution in [0.2, 0.25) is 0 Å². The molecule has 1 aliphatic heterocycles. The number of amides is 1. The van der Waals surface area contributed by atoms with Gasteiger partial charge in [-0.2, -0.15) is 0 Å². The molecule has 2 N–H and O–H groups in total. The zero-order valence-corrected chi connectivity index (χ0v) is 15.1. The molecule has 1 amide bonds. The van der Waals surface area contributed by atoms with Gasteiger partial charge in [0.1, 0.15) is 0 Å². The molecule has 2 aliphatic rings. The number of likely N-dealkylation sites (N-methyl/N-ethyl adjacent to an activating group) is 1. The quantitative estimate of drug-likeness (QED) is 0.842. The molecule has 1 heterocycles. The summed E-state index contributed by atoms with van der Waals surface area (Å²) in [5.41, 5.74) is 6.12. The Morgan fingerprint density at radius 1 is 1.18 bits per heavy atom. The van der Waals surface area contributed by atoms with Crippen LogP contribution in [-0.2, 0) is 4.79 Å². The largest absolute Gasteiger partial charge is 0.339 e. The Hall–Kier alpha value is -0.320. The van der Waals surface area contributed by atoms with Crippen molar-refractivity contribution in [1.82, 2.24) is 9.80 Å². The molecule has 2 unspecified atom stereocenters. The monoisotopic (exact) mass is 331 g/mol. The Labute approximate surface area is 142 Å². The van der Waals surface area contributed by atoms with Gasteiger partial charge in [0.15, 0.2) is 0 Å². The molecule has 1 saturated carbocycles. The maximum absolute atomic E-state index is 12.8. The zero-order valence-electron chi connectivity index (χ0n) is 14.3. The third kappa shape index (κ3) is 5.10. The first-order valence-electron chi connectivity index (χ1n) is 8.92. The molecule has 0 aromatic heterocycles. The molecular formula is C17H34ClN3O. The Kier molecular flexibility index (Phi) is 8.73. The number of hydrogen-bond donors (Lipinski definition) is 1. The van der Waals surface area contributed by atoms with Gasteiger partial charge in [-0.1, -0.05) is 25.7 Å². The average Bonchev–Trinajstić information content (AvgIpc) is 2.49. The van der Waals surface area contributed by atoms with Crippen molar-refractivity contribution in [3.8, 4) is 0 Å². The van der Waals surface area contributed by atoms with Gasteiger partial charge in [0.25, 0.3) is 0 Å². The third-order valence-electron chi connectivity index (χ3n) is 5.29. The van der Waals surface area contributed by atoms with Crippen molar-refractivity contribution in [2.24, 2.45) is 5.73 Å². The Morgan fingerprint density at radius 3 is 2.41 bits per heavy atom. The molecule has 0 spiro atoms. The molecule has 2 fully saturated rings. The standard InChI is InChI=1S/C17H33N3O.ClH/c1-3-20(15-9-5-4-6-10-15)17(21)13-19-12-8-7-11-16(19)14(2)18;/h14-16H,3-13,18H2,1-2H3;1H. The SMILES string of the molecule is CCN(C(=O)CN1CCCCC1C(C)N)C1CCCCC1.Cl. The lowest BCUT2D eigenvalue weighted by molar-refractivity contribution is -0.136. The first-order chi connectivity index (χ1) is 10.1. The first-order valence-corrected chi connectivity index (χ1v) is 8.92. The maximum Gasteiger partial charge on any atom is 0.236 e. The first kappa shape index (κ1) is 19.7. The van der Waals surface area contributed by atoms with E-state index in [1.807, 2.05) is 0 Å². The molecular weight excluding hydrogens is 298 g/mol. The molecule has 0 radical (unpaired) electrons. The van der Waals surface area contributed by atoms with Crippen molar-refractivity contribution in [3.05, 3.63) is 0 Å². The van der Waals surface area contributed by atoms with Crippen molar-refractivity contribution < 1.29 is 4.79 Å². The van der Waals surface area contributed by atoms with Crippen molar-refractivity contribution >= 4 is 18.3 Å². The van der Waals surface area contributed by atoms with E-state index in [1.54, 1.807) is 0 Å². The van der Waals surface area contributed by atoms with E-state index in [0.29, 0.717) is 24.5 Å². The topological polar surface area (TPSA) is 49.6 Å². The highest BCUT2D eigenvalue weighted by atomic mass is 35.5. The second-order valence-corrected chi connectivity index (χ2v) is 6.86. The van der Waals surface area contributed by atoms with Crippen LogP contribution in [0.3, 0.4) is 0 Å². The number of rotatable bonds is 5. The minimum atomic E-state index is 0. The van der Waals surface area contributed by atoms with E-state index in [0.717, 1.165) is 19.5 Å². The summed E-state index contributed by atoms with van der Waals surface area (Å²) >= 11 is 0. The average molecular weight is 332 g/mol. The number of carbonyl (C=O) groups excluding carboxylic acids is 1. The van der Waals surface area contributed by atoms with Crippen molar-refractivity contribution in [1.29, 1.82) is 0 Å². The van der Waals surface area contributed by atoms with Crippen LogP contribution in [0.15, 0.2) is 0 Å². The smallest absolute Gasteiger partial charge is 0.236 e. The highest BCUT2D eigenvalue weighted by Crippen LogP contribution is 2.24. The summed E-state index contributed by atoms with van der Waals surface area (Å²) in [6, 6.07) is 1.02. The lowest BCUT2D eigenvalue weighted by atomic mass is 9.93. The molecule has 1 aliphatic carbocycles. The summed E-state index contributed by atoms with van der Waals surface area (Å²) < 4.78 is 0. The van der Waals surface area contributed by atoms with Crippen molar-refractivity contribution in [3.63, 3.8) is 0 Å². The van der Waals surface area contributed by atoms with Crippen molar-refractivity contribution in [2.45, 2.75) is 83.3 Å². The fourth-order valence-corrected chi connectivity index (χ4v) is 4.10. The molecule has 4 nitrogen and oxygen atoms in total. The lowest BCUT2D eigenvalue weighted by Crippen LogP contribution is -2.54. The van der Waals surface area contributed by atoms with Crippen LogP contribution in [-0.4, -0.2) is 53.5 Å². The van der Waals surface area contributed by atoms with E-state index in [9.17, 15) is 4.79 Å². The van der Waals surface area contributed by atoms with Gasteiger partial charge in [-0.3, -0.25) is 9.69 Å². The molecule has 2 atom stereocenters. The van der Waals surface area contributed by atoms with Gasteiger partial charge in [-0.25, -0.2) is 0 Å². The minimum Gasteiger partial charge on any atom is -0.339 e. The number of halogens is 1. The van der Waals surface area contributed by atoms with E-state index in [2.05, 4.69) is 23.6 Å². The molecule has 130 valence electrons. The van der Waals surface area contributed by atoms with E-state index < -0.39 is 0 Å². The fourth-order valence-electron chi connectivity index (χ4n) is 4.10. The number of piperidine rings is 1.